The minimum absolute atomic E-state index is 0.0538. The molecule has 0 radical (unpaired) electrons. The quantitative estimate of drug-likeness (QED) is 0.598. The third-order valence-corrected chi connectivity index (χ3v) is 5.88. The van der Waals surface area contributed by atoms with Gasteiger partial charge in [-0.05, 0) is 24.6 Å². The molecule has 3 amide bonds. The second-order valence-electron chi connectivity index (χ2n) is 8.16. The van der Waals surface area contributed by atoms with E-state index in [0.717, 1.165) is 0 Å². The van der Waals surface area contributed by atoms with Crippen molar-refractivity contribution in [2.75, 3.05) is 19.6 Å². The number of nitrogens with zero attached hydrogens (tertiary/aromatic N) is 2. The highest BCUT2D eigenvalue weighted by Crippen LogP contribution is 2.31. The normalized spacial score (nSPS) is 26.4. The Balaban J connectivity index is 1.88. The first-order valence-electron chi connectivity index (χ1n) is 9.96. The summed E-state index contributed by atoms with van der Waals surface area (Å²) in [5.74, 6) is -2.37. The molecule has 2 fully saturated rings. The maximum absolute atomic E-state index is 13.7. The number of halogens is 2. The summed E-state index contributed by atoms with van der Waals surface area (Å²) >= 11 is 5.95. The maximum Gasteiger partial charge on any atom is 0.312 e. The van der Waals surface area contributed by atoms with Crippen molar-refractivity contribution in [3.63, 3.8) is 0 Å². The summed E-state index contributed by atoms with van der Waals surface area (Å²) in [6, 6.07) is 2.98. The Morgan fingerprint density at radius 3 is 2.50 bits per heavy atom. The lowest BCUT2D eigenvalue weighted by atomic mass is 9.98. The number of benzene rings is 1. The number of hydrogen-bond donors (Lipinski definition) is 3. The highest BCUT2D eigenvalue weighted by molar-refractivity contribution is 6.35. The standard InChI is InChI=1S/C20H27ClFN5O3/c1-10(2)19(29)26-9-16(12-4-5-14(22)13(21)6-12)27(8-11(26)3)20(30)18(28)25-17-15(23)7-24-17/h4-6,10-11,15-17,24H,7-9,23H2,1-3H3,(H,25,28)/t11-,15?,16-,17+/m1/s1. The van der Waals surface area contributed by atoms with E-state index in [2.05, 4.69) is 10.6 Å². The lowest BCUT2D eigenvalue weighted by Crippen LogP contribution is -2.70. The van der Waals surface area contributed by atoms with Gasteiger partial charge in [-0.3, -0.25) is 19.7 Å². The number of nitrogens with two attached hydrogens (primary N) is 1. The van der Waals surface area contributed by atoms with Crippen LogP contribution < -0.4 is 16.4 Å². The fourth-order valence-corrected chi connectivity index (χ4v) is 3.90. The zero-order chi connectivity index (χ0) is 22.2. The van der Waals surface area contributed by atoms with E-state index in [-0.39, 0.29) is 42.0 Å². The molecule has 8 nitrogen and oxygen atoms in total. The van der Waals surface area contributed by atoms with Crippen molar-refractivity contribution in [2.45, 2.75) is 45.1 Å². The van der Waals surface area contributed by atoms with Crippen LogP contribution in [0.3, 0.4) is 0 Å². The molecule has 10 heteroatoms. The van der Waals surface area contributed by atoms with Gasteiger partial charge >= 0.3 is 11.8 Å². The molecule has 2 heterocycles. The molecule has 164 valence electrons. The molecular formula is C20H27ClFN5O3. The van der Waals surface area contributed by atoms with E-state index in [9.17, 15) is 18.8 Å². The fourth-order valence-electron chi connectivity index (χ4n) is 3.71. The van der Waals surface area contributed by atoms with Crippen LogP contribution in [-0.4, -0.2) is 65.4 Å². The number of rotatable bonds is 3. The van der Waals surface area contributed by atoms with Gasteiger partial charge in [0.2, 0.25) is 5.91 Å². The summed E-state index contributed by atoms with van der Waals surface area (Å²) in [6.07, 6.45) is -0.457. The predicted molar refractivity (Wildman–Crippen MR) is 110 cm³/mol. The molecule has 2 aliphatic heterocycles. The molecule has 0 saturated carbocycles. The van der Waals surface area contributed by atoms with Gasteiger partial charge in [-0.25, -0.2) is 4.39 Å². The van der Waals surface area contributed by atoms with Gasteiger partial charge < -0.3 is 20.9 Å². The van der Waals surface area contributed by atoms with E-state index in [1.54, 1.807) is 18.7 Å². The topological polar surface area (TPSA) is 108 Å². The van der Waals surface area contributed by atoms with Crippen LogP contribution in [0.5, 0.6) is 0 Å². The monoisotopic (exact) mass is 439 g/mol. The molecule has 4 atom stereocenters. The van der Waals surface area contributed by atoms with Crippen LogP contribution in [0.4, 0.5) is 4.39 Å². The average molecular weight is 440 g/mol. The van der Waals surface area contributed by atoms with E-state index < -0.39 is 29.8 Å². The van der Waals surface area contributed by atoms with Crippen LogP contribution in [0, 0.1) is 11.7 Å². The first kappa shape index (κ1) is 22.5. The van der Waals surface area contributed by atoms with Gasteiger partial charge in [0.05, 0.1) is 23.3 Å². The van der Waals surface area contributed by atoms with Crippen LogP contribution in [0.1, 0.15) is 32.4 Å². The number of nitrogens with one attached hydrogen (secondary N) is 2. The summed E-state index contributed by atoms with van der Waals surface area (Å²) < 4.78 is 13.7. The second kappa shape index (κ2) is 8.87. The fraction of sp³-hybridized carbons (Fsp3) is 0.550. The summed E-state index contributed by atoms with van der Waals surface area (Å²) in [4.78, 5) is 41.3. The van der Waals surface area contributed by atoms with Gasteiger partial charge in [-0.2, -0.15) is 0 Å². The zero-order valence-electron chi connectivity index (χ0n) is 17.2. The first-order chi connectivity index (χ1) is 14.1. The number of hydrogen-bond acceptors (Lipinski definition) is 5. The van der Waals surface area contributed by atoms with Crippen molar-refractivity contribution in [1.29, 1.82) is 0 Å². The average Bonchev–Trinajstić information content (AvgIpc) is 2.71. The van der Waals surface area contributed by atoms with Gasteiger partial charge in [0.15, 0.2) is 0 Å². The van der Waals surface area contributed by atoms with Crippen molar-refractivity contribution in [3.8, 4) is 0 Å². The Hall–Kier alpha value is -2.23. The molecule has 0 aliphatic carbocycles. The molecular weight excluding hydrogens is 413 g/mol. The Morgan fingerprint density at radius 2 is 1.97 bits per heavy atom. The summed E-state index contributed by atoms with van der Waals surface area (Å²) in [5, 5.41) is 5.45. The SMILES string of the molecule is CC(C)C(=O)N1C[C@H](c2ccc(F)c(Cl)c2)N(C(=O)C(=O)N[C@@H]2NCC2N)C[C@H]1C. The van der Waals surface area contributed by atoms with Crippen LogP contribution in [0.2, 0.25) is 5.02 Å². The van der Waals surface area contributed by atoms with E-state index in [1.165, 1.54) is 23.1 Å². The molecule has 0 spiro atoms. The third-order valence-electron chi connectivity index (χ3n) is 5.59. The number of carbonyl (C=O) groups excluding carboxylic acids is 3. The Labute approximate surface area is 179 Å². The lowest BCUT2D eigenvalue weighted by molar-refractivity contribution is -0.154. The second-order valence-corrected chi connectivity index (χ2v) is 8.57. The van der Waals surface area contributed by atoms with E-state index >= 15 is 0 Å². The smallest absolute Gasteiger partial charge is 0.312 e. The molecule has 0 aromatic heterocycles. The van der Waals surface area contributed by atoms with Gasteiger partial charge in [-0.15, -0.1) is 0 Å². The Morgan fingerprint density at radius 1 is 1.27 bits per heavy atom. The molecule has 2 aliphatic rings. The largest absolute Gasteiger partial charge is 0.336 e. The van der Waals surface area contributed by atoms with Gasteiger partial charge in [0, 0.05) is 31.6 Å². The predicted octanol–water partition coefficient (Wildman–Crippen LogP) is 0.608. The van der Waals surface area contributed by atoms with Crippen LogP contribution in [-0.2, 0) is 14.4 Å². The first-order valence-corrected chi connectivity index (χ1v) is 10.3. The minimum Gasteiger partial charge on any atom is -0.336 e. The van der Waals surface area contributed by atoms with Gasteiger partial charge in [0.1, 0.15) is 5.82 Å². The minimum atomic E-state index is -0.781. The zero-order valence-corrected chi connectivity index (χ0v) is 17.9. The molecule has 2 saturated heterocycles. The van der Waals surface area contributed by atoms with Gasteiger partial charge in [-0.1, -0.05) is 31.5 Å². The highest BCUT2D eigenvalue weighted by Gasteiger charge is 2.41. The number of amides is 3. The molecule has 1 aromatic rings. The molecule has 4 N–H and O–H groups in total. The van der Waals surface area contributed by atoms with Crippen LogP contribution in [0.25, 0.3) is 0 Å². The molecule has 30 heavy (non-hydrogen) atoms. The Bertz CT molecular complexity index is 852. The summed E-state index contributed by atoms with van der Waals surface area (Å²) in [6.45, 7) is 6.34. The molecule has 1 unspecified atom stereocenters. The number of carbonyl (C=O) groups is 3. The maximum atomic E-state index is 13.7. The Kier molecular flexibility index (Phi) is 6.64. The van der Waals surface area contributed by atoms with Crippen molar-refractivity contribution < 1.29 is 18.8 Å². The molecule has 3 rings (SSSR count). The van der Waals surface area contributed by atoms with Crippen molar-refractivity contribution in [3.05, 3.63) is 34.6 Å². The van der Waals surface area contributed by atoms with Crippen LogP contribution in [0.15, 0.2) is 18.2 Å². The number of piperazine rings is 1. The summed E-state index contributed by atoms with van der Waals surface area (Å²) in [7, 11) is 0. The summed E-state index contributed by atoms with van der Waals surface area (Å²) in [5.41, 5.74) is 6.35. The van der Waals surface area contributed by atoms with E-state index in [1.807, 2.05) is 6.92 Å². The van der Waals surface area contributed by atoms with Crippen molar-refractivity contribution in [2.24, 2.45) is 11.7 Å². The highest BCUT2D eigenvalue weighted by atomic mass is 35.5. The third kappa shape index (κ3) is 4.43. The van der Waals surface area contributed by atoms with E-state index in [4.69, 9.17) is 17.3 Å². The van der Waals surface area contributed by atoms with Crippen LogP contribution >= 0.6 is 11.6 Å². The lowest BCUT2D eigenvalue weighted by Gasteiger charge is -2.46. The van der Waals surface area contributed by atoms with E-state index in [0.29, 0.717) is 12.1 Å². The molecule has 1 aromatic carbocycles. The van der Waals surface area contributed by atoms with Crippen molar-refractivity contribution in [1.82, 2.24) is 20.4 Å². The van der Waals surface area contributed by atoms with Gasteiger partial charge in [0.25, 0.3) is 0 Å². The van der Waals surface area contributed by atoms with Crippen molar-refractivity contribution >= 4 is 29.3 Å². The molecule has 0 bridgehead atoms.